The first-order valence-electron chi connectivity index (χ1n) is 4.82. The van der Waals surface area contributed by atoms with E-state index in [1.165, 1.54) is 19.2 Å². The van der Waals surface area contributed by atoms with E-state index in [1.807, 2.05) is 0 Å². The van der Waals surface area contributed by atoms with E-state index in [2.05, 4.69) is 20.7 Å². The first kappa shape index (κ1) is 15.9. The predicted molar refractivity (Wildman–Crippen MR) is 66.5 cm³/mol. The van der Waals surface area contributed by atoms with Crippen LogP contribution in [-0.4, -0.2) is 18.6 Å². The molecular formula is C11H7BrF3NO2S. The molecular weight excluding hydrogens is 347 g/mol. The topological polar surface area (TPSA) is 50.1 Å². The standard InChI is InChI=1S/C11H7BrF3NO2S/c1-18-10(17)4-6-2-8(12)7(5-16)9(3-6)19-11(13,14)15/h2-3H,4H2,1H3. The summed E-state index contributed by atoms with van der Waals surface area (Å²) in [5.41, 5.74) is -4.28. The summed E-state index contributed by atoms with van der Waals surface area (Å²) in [4.78, 5) is 10.9. The van der Waals surface area contributed by atoms with Crippen molar-refractivity contribution in [2.75, 3.05) is 7.11 Å². The number of nitriles is 1. The first-order valence-corrected chi connectivity index (χ1v) is 6.43. The smallest absolute Gasteiger partial charge is 0.446 e. The Hall–Kier alpha value is -1.20. The second-order valence-corrected chi connectivity index (χ2v) is 5.32. The van der Waals surface area contributed by atoms with E-state index in [0.29, 0.717) is 5.56 Å². The van der Waals surface area contributed by atoms with Crippen molar-refractivity contribution in [1.82, 2.24) is 0 Å². The van der Waals surface area contributed by atoms with E-state index in [-0.39, 0.29) is 33.1 Å². The number of hydrogen-bond donors (Lipinski definition) is 0. The zero-order valence-electron chi connectivity index (χ0n) is 9.55. The van der Waals surface area contributed by atoms with E-state index in [4.69, 9.17) is 5.26 Å². The van der Waals surface area contributed by atoms with Crippen molar-refractivity contribution in [3.63, 3.8) is 0 Å². The van der Waals surface area contributed by atoms with Crippen LogP contribution >= 0.6 is 27.7 Å². The van der Waals surface area contributed by atoms with Gasteiger partial charge in [-0.1, -0.05) is 0 Å². The summed E-state index contributed by atoms with van der Waals surface area (Å²) in [6.45, 7) is 0. The van der Waals surface area contributed by atoms with E-state index in [1.54, 1.807) is 6.07 Å². The molecule has 0 saturated heterocycles. The van der Waals surface area contributed by atoms with Crippen molar-refractivity contribution >= 4 is 33.7 Å². The number of carbonyl (C=O) groups excluding carboxylic acids is 1. The molecule has 1 rings (SSSR count). The second-order valence-electron chi connectivity index (χ2n) is 3.36. The molecule has 0 atom stereocenters. The third-order valence-electron chi connectivity index (χ3n) is 2.03. The average molecular weight is 354 g/mol. The summed E-state index contributed by atoms with van der Waals surface area (Å²) in [5, 5.41) is 8.86. The summed E-state index contributed by atoms with van der Waals surface area (Å²) in [5.74, 6) is -0.570. The Bertz CT molecular complexity index is 540. The van der Waals surface area contributed by atoms with Crippen molar-refractivity contribution in [2.45, 2.75) is 16.8 Å². The second kappa shape index (κ2) is 6.30. The molecule has 1 aromatic rings. The van der Waals surface area contributed by atoms with Gasteiger partial charge < -0.3 is 4.74 Å². The zero-order valence-corrected chi connectivity index (χ0v) is 11.9. The Morgan fingerprint density at radius 3 is 2.63 bits per heavy atom. The normalized spacial score (nSPS) is 10.9. The highest BCUT2D eigenvalue weighted by Crippen LogP contribution is 2.40. The van der Waals surface area contributed by atoms with Gasteiger partial charge in [0, 0.05) is 9.37 Å². The zero-order chi connectivity index (χ0) is 14.6. The fourth-order valence-electron chi connectivity index (χ4n) is 1.29. The minimum atomic E-state index is -4.51. The molecule has 0 saturated carbocycles. The molecule has 1 aromatic carbocycles. The molecule has 0 radical (unpaired) electrons. The third kappa shape index (κ3) is 4.76. The van der Waals surface area contributed by atoms with Crippen LogP contribution < -0.4 is 0 Å². The number of benzene rings is 1. The Kier molecular flexibility index (Phi) is 5.26. The molecule has 0 spiro atoms. The lowest BCUT2D eigenvalue weighted by molar-refractivity contribution is -0.139. The lowest BCUT2D eigenvalue weighted by atomic mass is 10.1. The largest absolute Gasteiger partial charge is 0.469 e. The fourth-order valence-corrected chi connectivity index (χ4v) is 2.73. The molecule has 0 bridgehead atoms. The van der Waals surface area contributed by atoms with E-state index < -0.39 is 11.5 Å². The van der Waals surface area contributed by atoms with E-state index in [0.717, 1.165) is 0 Å². The number of alkyl halides is 3. The number of carbonyl (C=O) groups is 1. The van der Waals surface area contributed by atoms with Crippen LogP contribution in [0.25, 0.3) is 0 Å². The Morgan fingerprint density at radius 2 is 2.16 bits per heavy atom. The first-order chi connectivity index (χ1) is 8.76. The van der Waals surface area contributed by atoms with Gasteiger partial charge in [0.15, 0.2) is 0 Å². The van der Waals surface area contributed by atoms with Gasteiger partial charge in [-0.05, 0) is 45.4 Å². The van der Waals surface area contributed by atoms with Crippen LogP contribution in [0.3, 0.4) is 0 Å². The monoisotopic (exact) mass is 353 g/mol. The molecule has 102 valence electrons. The van der Waals surface area contributed by atoms with Crippen molar-refractivity contribution in [1.29, 1.82) is 5.26 Å². The Balaban J connectivity index is 3.19. The van der Waals surface area contributed by atoms with Crippen molar-refractivity contribution in [3.05, 3.63) is 27.7 Å². The van der Waals surface area contributed by atoms with E-state index in [9.17, 15) is 18.0 Å². The summed E-state index contributed by atoms with van der Waals surface area (Å²) >= 11 is 2.63. The van der Waals surface area contributed by atoms with Crippen LogP contribution in [-0.2, 0) is 16.0 Å². The van der Waals surface area contributed by atoms with Crippen LogP contribution in [0.2, 0.25) is 0 Å². The molecule has 0 amide bonds. The van der Waals surface area contributed by atoms with Gasteiger partial charge in [-0.3, -0.25) is 4.79 Å². The SMILES string of the molecule is COC(=O)Cc1cc(Br)c(C#N)c(SC(F)(F)F)c1. The highest BCUT2D eigenvalue weighted by Gasteiger charge is 2.31. The third-order valence-corrected chi connectivity index (χ3v) is 3.43. The minimum absolute atomic E-state index is 0.115. The number of nitrogens with zero attached hydrogens (tertiary/aromatic N) is 1. The maximum atomic E-state index is 12.4. The average Bonchev–Trinajstić information content (AvgIpc) is 2.26. The van der Waals surface area contributed by atoms with Gasteiger partial charge in [-0.2, -0.15) is 18.4 Å². The number of thioether (sulfide) groups is 1. The number of rotatable bonds is 3. The molecule has 19 heavy (non-hydrogen) atoms. The van der Waals surface area contributed by atoms with Gasteiger partial charge >= 0.3 is 11.5 Å². The molecule has 0 unspecified atom stereocenters. The minimum Gasteiger partial charge on any atom is -0.469 e. The molecule has 0 N–H and O–H groups in total. The molecule has 0 aliphatic rings. The van der Waals surface area contributed by atoms with Gasteiger partial charge in [0.1, 0.15) is 6.07 Å². The predicted octanol–water partition coefficient (Wildman–Crippen LogP) is 3.65. The summed E-state index contributed by atoms with van der Waals surface area (Å²) in [6, 6.07) is 4.29. The number of esters is 1. The van der Waals surface area contributed by atoms with Gasteiger partial charge in [-0.25, -0.2) is 0 Å². The van der Waals surface area contributed by atoms with Crippen LogP contribution in [0.15, 0.2) is 21.5 Å². The maximum absolute atomic E-state index is 12.4. The van der Waals surface area contributed by atoms with Crippen molar-refractivity contribution < 1.29 is 22.7 Å². The number of methoxy groups -OCH3 is 1. The van der Waals surface area contributed by atoms with E-state index >= 15 is 0 Å². The number of hydrogen-bond acceptors (Lipinski definition) is 4. The number of halogens is 4. The van der Waals surface area contributed by atoms with Crippen molar-refractivity contribution in [3.8, 4) is 6.07 Å². The molecule has 0 fully saturated rings. The van der Waals surface area contributed by atoms with Crippen LogP contribution in [0.4, 0.5) is 13.2 Å². The fraction of sp³-hybridized carbons (Fsp3) is 0.273. The lowest BCUT2D eigenvalue weighted by Gasteiger charge is -2.10. The summed E-state index contributed by atoms with van der Waals surface area (Å²) < 4.78 is 41.8. The van der Waals surface area contributed by atoms with Crippen LogP contribution in [0, 0.1) is 11.3 Å². The van der Waals surface area contributed by atoms with Gasteiger partial charge in [0.05, 0.1) is 19.1 Å². The maximum Gasteiger partial charge on any atom is 0.446 e. The molecule has 0 heterocycles. The molecule has 3 nitrogen and oxygen atoms in total. The molecule has 0 aliphatic carbocycles. The summed E-state index contributed by atoms with van der Waals surface area (Å²) in [7, 11) is 1.19. The highest BCUT2D eigenvalue weighted by atomic mass is 79.9. The lowest BCUT2D eigenvalue weighted by Crippen LogP contribution is -2.06. The van der Waals surface area contributed by atoms with Crippen LogP contribution in [0.1, 0.15) is 11.1 Å². The van der Waals surface area contributed by atoms with Gasteiger partial charge in [0.25, 0.3) is 0 Å². The van der Waals surface area contributed by atoms with Gasteiger partial charge in [-0.15, -0.1) is 0 Å². The van der Waals surface area contributed by atoms with Gasteiger partial charge in [0.2, 0.25) is 0 Å². The molecule has 0 aromatic heterocycles. The quantitative estimate of drug-likeness (QED) is 0.614. The molecule has 8 heteroatoms. The Morgan fingerprint density at radius 1 is 1.53 bits per heavy atom. The van der Waals surface area contributed by atoms with Crippen LogP contribution in [0.5, 0.6) is 0 Å². The van der Waals surface area contributed by atoms with Crippen molar-refractivity contribution in [2.24, 2.45) is 0 Å². The highest BCUT2D eigenvalue weighted by molar-refractivity contribution is 9.10. The summed E-state index contributed by atoms with van der Waals surface area (Å²) in [6.07, 6.45) is -0.160. The number of ether oxygens (including phenoxy) is 1. The molecule has 0 aliphatic heterocycles. The Labute approximate surface area is 119 Å².